The number of ether oxygens (including phenoxy) is 1. The van der Waals surface area contributed by atoms with Crippen LogP contribution < -0.4 is 10.1 Å². The Labute approximate surface area is 145 Å². The van der Waals surface area contributed by atoms with Crippen LogP contribution in [-0.2, 0) is 13.6 Å². The number of nitrogens with zero attached hydrogens (tertiary/aromatic N) is 2. The first kappa shape index (κ1) is 16.2. The fourth-order valence-corrected chi connectivity index (χ4v) is 2.69. The van der Waals surface area contributed by atoms with Crippen LogP contribution in [-0.4, -0.2) is 21.8 Å². The zero-order valence-corrected chi connectivity index (χ0v) is 14.2. The van der Waals surface area contributed by atoms with E-state index in [9.17, 15) is 5.11 Å². The van der Waals surface area contributed by atoms with Gasteiger partial charge in [0.15, 0.2) is 11.5 Å². The number of imidazole rings is 1. The van der Waals surface area contributed by atoms with Gasteiger partial charge in [-0.3, -0.25) is 0 Å². The summed E-state index contributed by atoms with van der Waals surface area (Å²) in [5.74, 6) is 1.33. The van der Waals surface area contributed by atoms with Crippen molar-refractivity contribution in [2.24, 2.45) is 7.05 Å². The molecule has 124 valence electrons. The highest BCUT2D eigenvalue weighted by atomic mass is 35.5. The van der Waals surface area contributed by atoms with Crippen molar-refractivity contribution in [2.75, 3.05) is 12.4 Å². The number of anilines is 1. The summed E-state index contributed by atoms with van der Waals surface area (Å²) in [5.41, 5.74) is 2.97. The van der Waals surface area contributed by atoms with Gasteiger partial charge >= 0.3 is 0 Å². The summed E-state index contributed by atoms with van der Waals surface area (Å²) in [6.07, 6.45) is 1.81. The van der Waals surface area contributed by atoms with Crippen LogP contribution in [0.4, 0.5) is 5.95 Å². The van der Waals surface area contributed by atoms with Crippen LogP contribution in [0.1, 0.15) is 5.56 Å². The van der Waals surface area contributed by atoms with Gasteiger partial charge in [-0.1, -0.05) is 29.8 Å². The maximum atomic E-state index is 9.64. The van der Waals surface area contributed by atoms with Gasteiger partial charge in [-0.05, 0) is 29.8 Å². The molecule has 0 aliphatic heterocycles. The minimum absolute atomic E-state index is 0.126. The molecule has 2 N–H and O–H groups in total. The van der Waals surface area contributed by atoms with Crippen molar-refractivity contribution < 1.29 is 9.84 Å². The molecule has 0 fully saturated rings. The van der Waals surface area contributed by atoms with E-state index in [-0.39, 0.29) is 5.75 Å². The molecule has 0 saturated carbocycles. The van der Waals surface area contributed by atoms with Crippen molar-refractivity contribution in [3.8, 4) is 22.8 Å². The molecule has 3 aromatic rings. The van der Waals surface area contributed by atoms with Crippen LogP contribution in [0.25, 0.3) is 11.3 Å². The van der Waals surface area contributed by atoms with E-state index < -0.39 is 0 Å². The number of aromatic hydroxyl groups is 1. The Bertz CT molecular complexity index is 861. The topological polar surface area (TPSA) is 59.3 Å². The highest BCUT2D eigenvalue weighted by Crippen LogP contribution is 2.27. The number of hydrogen-bond donors (Lipinski definition) is 2. The maximum absolute atomic E-state index is 9.64. The lowest BCUT2D eigenvalue weighted by Crippen LogP contribution is -2.05. The summed E-state index contributed by atoms with van der Waals surface area (Å²) in [6.45, 7) is 0.566. The first-order chi connectivity index (χ1) is 11.6. The second kappa shape index (κ2) is 6.84. The van der Waals surface area contributed by atoms with E-state index in [0.717, 1.165) is 22.8 Å². The van der Waals surface area contributed by atoms with Crippen molar-refractivity contribution >= 4 is 17.5 Å². The first-order valence-electron chi connectivity index (χ1n) is 7.46. The maximum Gasteiger partial charge on any atom is 0.203 e. The number of rotatable bonds is 5. The quantitative estimate of drug-likeness (QED) is 0.733. The third kappa shape index (κ3) is 3.31. The van der Waals surface area contributed by atoms with Crippen LogP contribution in [0.15, 0.2) is 48.7 Å². The van der Waals surface area contributed by atoms with Crippen molar-refractivity contribution in [3.05, 3.63) is 59.2 Å². The van der Waals surface area contributed by atoms with Gasteiger partial charge in [-0.15, -0.1) is 0 Å². The van der Waals surface area contributed by atoms with Gasteiger partial charge in [0.05, 0.1) is 19.0 Å². The first-order valence-corrected chi connectivity index (χ1v) is 7.83. The van der Waals surface area contributed by atoms with E-state index in [1.807, 2.05) is 48.1 Å². The lowest BCUT2D eigenvalue weighted by Gasteiger charge is -2.10. The Kier molecular flexibility index (Phi) is 4.62. The number of halogens is 1. The van der Waals surface area contributed by atoms with Crippen LogP contribution >= 0.6 is 11.6 Å². The van der Waals surface area contributed by atoms with E-state index in [0.29, 0.717) is 17.3 Å². The van der Waals surface area contributed by atoms with Gasteiger partial charge in [-0.25, -0.2) is 4.98 Å². The molecule has 6 heteroatoms. The number of phenolic OH excluding ortho intramolecular Hbond substituents is 1. The highest BCUT2D eigenvalue weighted by Gasteiger charge is 2.09. The Morgan fingerprint density at radius 1 is 1.25 bits per heavy atom. The molecule has 0 aliphatic carbocycles. The normalized spacial score (nSPS) is 10.6. The Morgan fingerprint density at radius 3 is 2.83 bits per heavy atom. The van der Waals surface area contributed by atoms with Crippen molar-refractivity contribution in [1.82, 2.24) is 9.55 Å². The minimum Gasteiger partial charge on any atom is -0.504 e. The second-order valence-corrected chi connectivity index (χ2v) is 5.83. The van der Waals surface area contributed by atoms with E-state index in [1.165, 1.54) is 7.11 Å². The van der Waals surface area contributed by atoms with E-state index >= 15 is 0 Å². The average molecular weight is 344 g/mol. The van der Waals surface area contributed by atoms with Crippen LogP contribution in [0.3, 0.4) is 0 Å². The third-order valence-electron chi connectivity index (χ3n) is 3.80. The Hall–Kier alpha value is -2.66. The zero-order valence-electron chi connectivity index (χ0n) is 13.5. The number of benzene rings is 2. The smallest absolute Gasteiger partial charge is 0.203 e. The van der Waals surface area contributed by atoms with Gasteiger partial charge < -0.3 is 19.7 Å². The molecule has 0 bridgehead atoms. The SMILES string of the molecule is COc1cc(CNc2ncc(-c3cccc(Cl)c3)n2C)ccc1O. The van der Waals surface area contributed by atoms with E-state index in [4.69, 9.17) is 16.3 Å². The molecular weight excluding hydrogens is 326 g/mol. The second-order valence-electron chi connectivity index (χ2n) is 5.40. The molecule has 2 aromatic carbocycles. The van der Waals surface area contributed by atoms with Gasteiger partial charge in [0.2, 0.25) is 5.95 Å². The fourth-order valence-electron chi connectivity index (χ4n) is 2.50. The Morgan fingerprint density at radius 2 is 2.08 bits per heavy atom. The largest absolute Gasteiger partial charge is 0.504 e. The monoisotopic (exact) mass is 343 g/mol. The molecule has 0 spiro atoms. The van der Waals surface area contributed by atoms with Gasteiger partial charge in [0.25, 0.3) is 0 Å². The lowest BCUT2D eigenvalue weighted by molar-refractivity contribution is 0.373. The minimum atomic E-state index is 0.126. The van der Waals surface area contributed by atoms with Crippen LogP contribution in [0.5, 0.6) is 11.5 Å². The molecule has 0 saturated heterocycles. The van der Waals surface area contributed by atoms with Crippen molar-refractivity contribution in [1.29, 1.82) is 0 Å². The molecular formula is C18H18ClN3O2. The molecule has 0 aliphatic rings. The van der Waals surface area contributed by atoms with Gasteiger partial charge in [-0.2, -0.15) is 0 Å². The summed E-state index contributed by atoms with van der Waals surface area (Å²) in [4.78, 5) is 4.43. The summed E-state index contributed by atoms with van der Waals surface area (Å²) in [5, 5.41) is 13.6. The molecule has 0 radical (unpaired) electrons. The fraction of sp³-hybridized carbons (Fsp3) is 0.167. The van der Waals surface area contributed by atoms with Gasteiger partial charge in [0.1, 0.15) is 0 Å². The number of aromatic nitrogens is 2. The molecule has 0 atom stereocenters. The van der Waals surface area contributed by atoms with Crippen molar-refractivity contribution in [2.45, 2.75) is 6.54 Å². The number of nitrogens with one attached hydrogen (secondary N) is 1. The molecule has 1 aromatic heterocycles. The number of phenols is 1. The van der Waals surface area contributed by atoms with E-state index in [1.54, 1.807) is 12.1 Å². The van der Waals surface area contributed by atoms with Crippen molar-refractivity contribution in [3.63, 3.8) is 0 Å². The summed E-state index contributed by atoms with van der Waals surface area (Å²) >= 11 is 6.06. The predicted octanol–water partition coefficient (Wildman–Crippen LogP) is 4.07. The van der Waals surface area contributed by atoms with Gasteiger partial charge in [0, 0.05) is 24.2 Å². The Balaban J connectivity index is 1.77. The molecule has 1 heterocycles. The molecule has 5 nitrogen and oxygen atoms in total. The standard InChI is InChI=1S/C18H18ClN3O2/c1-22-15(13-4-3-5-14(19)9-13)11-21-18(22)20-10-12-6-7-16(23)17(8-12)24-2/h3-9,11,23H,10H2,1-2H3,(H,20,21). The molecule has 3 rings (SSSR count). The highest BCUT2D eigenvalue weighted by molar-refractivity contribution is 6.30. The molecule has 0 amide bonds. The van der Waals surface area contributed by atoms with Crippen LogP contribution in [0, 0.1) is 0 Å². The average Bonchev–Trinajstić information content (AvgIpc) is 2.95. The summed E-state index contributed by atoms with van der Waals surface area (Å²) in [6, 6.07) is 12.9. The summed E-state index contributed by atoms with van der Waals surface area (Å²) < 4.78 is 7.10. The molecule has 0 unspecified atom stereocenters. The van der Waals surface area contributed by atoms with E-state index in [2.05, 4.69) is 10.3 Å². The third-order valence-corrected chi connectivity index (χ3v) is 4.04. The zero-order chi connectivity index (χ0) is 17.1. The predicted molar refractivity (Wildman–Crippen MR) is 95.6 cm³/mol. The number of methoxy groups -OCH3 is 1. The summed E-state index contributed by atoms with van der Waals surface area (Å²) in [7, 11) is 3.48. The number of hydrogen-bond acceptors (Lipinski definition) is 4. The lowest BCUT2D eigenvalue weighted by atomic mass is 10.2. The van der Waals surface area contributed by atoms with Crippen LogP contribution in [0.2, 0.25) is 5.02 Å². The molecule has 24 heavy (non-hydrogen) atoms.